The fraction of sp³-hybridized carbons (Fsp3) is 0.400. The number of rotatable bonds is 5. The summed E-state index contributed by atoms with van der Waals surface area (Å²) in [6, 6.07) is 7.54. The third-order valence-electron chi connectivity index (χ3n) is 5.36. The summed E-state index contributed by atoms with van der Waals surface area (Å²) in [5, 5.41) is 14.7. The van der Waals surface area contributed by atoms with Crippen molar-refractivity contribution in [2.75, 3.05) is 38.6 Å². The van der Waals surface area contributed by atoms with Gasteiger partial charge in [0.05, 0.1) is 12.6 Å². The van der Waals surface area contributed by atoms with Crippen LogP contribution in [0.3, 0.4) is 0 Å². The van der Waals surface area contributed by atoms with Gasteiger partial charge in [0.25, 0.3) is 5.91 Å². The van der Waals surface area contributed by atoms with Gasteiger partial charge in [0.15, 0.2) is 5.82 Å². The highest BCUT2D eigenvalue weighted by atomic mass is 16.5. The first-order valence-electron chi connectivity index (χ1n) is 9.89. The molecule has 2 aliphatic rings. The molecule has 2 fully saturated rings. The number of aromatic nitrogens is 4. The molecular weight excluding hydrogens is 370 g/mol. The van der Waals surface area contributed by atoms with Crippen molar-refractivity contribution in [1.82, 2.24) is 30.4 Å². The molecule has 5 rings (SSSR count). The first kappa shape index (κ1) is 17.9. The molecule has 9 nitrogen and oxygen atoms in total. The largest absolute Gasteiger partial charge is 0.497 e. The van der Waals surface area contributed by atoms with Crippen LogP contribution in [0.25, 0.3) is 10.9 Å². The van der Waals surface area contributed by atoms with Gasteiger partial charge < -0.3 is 20.3 Å². The molecule has 3 N–H and O–H groups in total. The number of nitrogens with one attached hydrogen (secondary N) is 3. The second-order valence-corrected chi connectivity index (χ2v) is 7.43. The number of piperazine rings is 1. The summed E-state index contributed by atoms with van der Waals surface area (Å²) >= 11 is 0. The lowest BCUT2D eigenvalue weighted by Crippen LogP contribution is -2.46. The van der Waals surface area contributed by atoms with Crippen LogP contribution in [0.15, 0.2) is 24.3 Å². The van der Waals surface area contributed by atoms with Crippen molar-refractivity contribution in [2.24, 2.45) is 0 Å². The first-order chi connectivity index (χ1) is 14.2. The average Bonchev–Trinajstić information content (AvgIpc) is 3.52. The highest BCUT2D eigenvalue weighted by molar-refractivity contribution is 5.97. The number of hydrogen-bond donors (Lipinski definition) is 3. The number of amides is 1. The van der Waals surface area contributed by atoms with Gasteiger partial charge >= 0.3 is 0 Å². The van der Waals surface area contributed by atoms with Crippen LogP contribution in [0.4, 0.5) is 11.6 Å². The molecule has 0 atom stereocenters. The number of fused-ring (bicyclic) bond motifs is 1. The van der Waals surface area contributed by atoms with Crippen LogP contribution < -0.4 is 15.4 Å². The first-order valence-corrected chi connectivity index (χ1v) is 9.89. The molecule has 3 heterocycles. The molecule has 1 aliphatic heterocycles. The Morgan fingerprint density at radius 3 is 2.79 bits per heavy atom. The van der Waals surface area contributed by atoms with E-state index in [1.807, 2.05) is 24.3 Å². The van der Waals surface area contributed by atoms with Crippen LogP contribution in [0.2, 0.25) is 0 Å². The van der Waals surface area contributed by atoms with Gasteiger partial charge in [-0.3, -0.25) is 9.89 Å². The topological polar surface area (TPSA) is 108 Å². The van der Waals surface area contributed by atoms with Crippen molar-refractivity contribution >= 4 is 28.4 Å². The number of H-pyrrole nitrogens is 1. The zero-order valence-corrected chi connectivity index (χ0v) is 16.2. The molecule has 3 aromatic rings. The van der Waals surface area contributed by atoms with Gasteiger partial charge in [-0.1, -0.05) is 0 Å². The Labute approximate surface area is 167 Å². The highest BCUT2D eigenvalue weighted by Gasteiger charge is 2.26. The standard InChI is InChI=1S/C20H23N7O2/c1-29-13-4-5-15-14(10-13)18(23-17-11-16(25-26-17)12-2-3-12)24-19(22-15)20(28)27-8-6-21-7-9-27/h4-5,10-12,21H,2-3,6-9H2,1H3,(H2,22,23,24,25,26). The number of carbonyl (C=O) groups is 1. The van der Waals surface area contributed by atoms with E-state index >= 15 is 0 Å². The monoisotopic (exact) mass is 393 g/mol. The summed E-state index contributed by atoms with van der Waals surface area (Å²) in [5.74, 6) is 2.52. The van der Waals surface area contributed by atoms with Gasteiger partial charge in [0.1, 0.15) is 11.6 Å². The van der Waals surface area contributed by atoms with Crippen molar-refractivity contribution in [3.8, 4) is 5.75 Å². The smallest absolute Gasteiger partial charge is 0.291 e. The van der Waals surface area contributed by atoms with E-state index in [0.717, 1.165) is 24.2 Å². The van der Waals surface area contributed by atoms with Crippen LogP contribution >= 0.6 is 0 Å². The average molecular weight is 393 g/mol. The van der Waals surface area contributed by atoms with Crippen LogP contribution in [0.1, 0.15) is 35.1 Å². The zero-order valence-electron chi connectivity index (χ0n) is 16.2. The van der Waals surface area contributed by atoms with Crippen LogP contribution in [0.5, 0.6) is 5.75 Å². The molecule has 9 heteroatoms. The molecule has 1 amide bonds. The summed E-state index contributed by atoms with van der Waals surface area (Å²) < 4.78 is 5.36. The maximum atomic E-state index is 13.0. The van der Waals surface area contributed by atoms with Gasteiger partial charge in [-0.15, -0.1) is 0 Å². The molecule has 0 radical (unpaired) electrons. The van der Waals surface area contributed by atoms with Crippen molar-refractivity contribution in [3.63, 3.8) is 0 Å². The minimum Gasteiger partial charge on any atom is -0.497 e. The van der Waals surface area contributed by atoms with Crippen molar-refractivity contribution in [1.29, 1.82) is 0 Å². The SMILES string of the molecule is COc1ccc2nc(C(=O)N3CCNCC3)nc(Nc3cc(C4CC4)[nH]n3)c2c1. The number of benzene rings is 1. The van der Waals surface area contributed by atoms with E-state index in [9.17, 15) is 4.79 Å². The molecule has 0 bridgehead atoms. The fourth-order valence-electron chi connectivity index (χ4n) is 3.56. The van der Waals surface area contributed by atoms with Gasteiger partial charge in [0, 0.05) is 49.2 Å². The Bertz CT molecular complexity index is 1050. The number of ether oxygens (including phenoxy) is 1. The minimum atomic E-state index is -0.159. The van der Waals surface area contributed by atoms with Crippen LogP contribution in [0, 0.1) is 0 Å². The van der Waals surface area contributed by atoms with E-state index < -0.39 is 0 Å². The van der Waals surface area contributed by atoms with E-state index in [1.54, 1.807) is 12.0 Å². The summed E-state index contributed by atoms with van der Waals surface area (Å²) in [6.45, 7) is 2.85. The van der Waals surface area contributed by atoms with E-state index in [1.165, 1.54) is 12.8 Å². The molecule has 2 aromatic heterocycles. The second kappa shape index (κ2) is 7.32. The highest BCUT2D eigenvalue weighted by Crippen LogP contribution is 2.39. The molecule has 1 aliphatic carbocycles. The number of hydrogen-bond acceptors (Lipinski definition) is 7. The fourth-order valence-corrected chi connectivity index (χ4v) is 3.56. The van der Waals surface area contributed by atoms with E-state index in [-0.39, 0.29) is 11.7 Å². The maximum Gasteiger partial charge on any atom is 0.291 e. The quantitative estimate of drug-likeness (QED) is 0.609. The molecular formula is C20H23N7O2. The third kappa shape index (κ3) is 3.61. The normalized spacial score (nSPS) is 16.8. The summed E-state index contributed by atoms with van der Waals surface area (Å²) in [4.78, 5) is 23.9. The van der Waals surface area contributed by atoms with E-state index in [2.05, 4.69) is 30.8 Å². The minimum absolute atomic E-state index is 0.159. The van der Waals surface area contributed by atoms with Crippen molar-refractivity contribution < 1.29 is 9.53 Å². The predicted molar refractivity (Wildman–Crippen MR) is 109 cm³/mol. The Morgan fingerprint density at radius 2 is 2.03 bits per heavy atom. The zero-order chi connectivity index (χ0) is 19.8. The summed E-state index contributed by atoms with van der Waals surface area (Å²) in [7, 11) is 1.62. The van der Waals surface area contributed by atoms with Crippen LogP contribution in [-0.4, -0.2) is 64.3 Å². The van der Waals surface area contributed by atoms with Crippen molar-refractivity contribution in [3.05, 3.63) is 35.8 Å². The molecule has 1 saturated heterocycles. The lowest BCUT2D eigenvalue weighted by molar-refractivity contribution is 0.0724. The van der Waals surface area contributed by atoms with Gasteiger partial charge in [-0.05, 0) is 31.0 Å². The lowest BCUT2D eigenvalue weighted by Gasteiger charge is -2.26. The number of aromatic amines is 1. The summed E-state index contributed by atoms with van der Waals surface area (Å²) in [6.07, 6.45) is 2.39. The number of nitrogens with zero attached hydrogens (tertiary/aromatic N) is 4. The van der Waals surface area contributed by atoms with Crippen molar-refractivity contribution in [2.45, 2.75) is 18.8 Å². The third-order valence-corrected chi connectivity index (χ3v) is 5.36. The Morgan fingerprint density at radius 1 is 1.21 bits per heavy atom. The number of anilines is 2. The van der Waals surface area contributed by atoms with Crippen LogP contribution in [-0.2, 0) is 0 Å². The van der Waals surface area contributed by atoms with Gasteiger partial charge in [-0.25, -0.2) is 9.97 Å². The molecule has 0 unspecified atom stereocenters. The maximum absolute atomic E-state index is 13.0. The molecule has 0 spiro atoms. The van der Waals surface area contributed by atoms with Gasteiger partial charge in [-0.2, -0.15) is 5.10 Å². The number of methoxy groups -OCH3 is 1. The molecule has 150 valence electrons. The molecule has 29 heavy (non-hydrogen) atoms. The Balaban J connectivity index is 1.53. The second-order valence-electron chi connectivity index (χ2n) is 7.43. The Kier molecular flexibility index (Phi) is 4.51. The van der Waals surface area contributed by atoms with E-state index in [0.29, 0.717) is 41.9 Å². The van der Waals surface area contributed by atoms with E-state index in [4.69, 9.17) is 4.74 Å². The molecule has 1 saturated carbocycles. The Hall–Kier alpha value is -3.20. The lowest BCUT2D eigenvalue weighted by atomic mass is 10.2. The summed E-state index contributed by atoms with van der Waals surface area (Å²) in [5.41, 5.74) is 1.81. The predicted octanol–water partition coefficient (Wildman–Crippen LogP) is 2.03. The molecule has 1 aromatic carbocycles. The van der Waals surface area contributed by atoms with Gasteiger partial charge in [0.2, 0.25) is 5.82 Å². The number of carbonyl (C=O) groups excluding carboxylic acids is 1.